The van der Waals surface area contributed by atoms with Crippen LogP contribution >= 0.6 is 0 Å². The number of amides is 1. The molecular weight excluding hydrogens is 240 g/mol. The fourth-order valence-electron chi connectivity index (χ4n) is 1.19. The lowest BCUT2D eigenvalue weighted by Crippen LogP contribution is -2.29. The molecule has 98 valence electrons. The lowest BCUT2D eigenvalue weighted by molar-refractivity contribution is -0.142. The highest BCUT2D eigenvalue weighted by atomic mass is 16.5. The molecule has 0 radical (unpaired) electrons. The van der Waals surface area contributed by atoms with Gasteiger partial charge in [-0.15, -0.1) is 0 Å². The van der Waals surface area contributed by atoms with Gasteiger partial charge in [-0.05, 0) is 6.07 Å². The maximum absolute atomic E-state index is 11.6. The zero-order chi connectivity index (χ0) is 13.5. The third-order valence-corrected chi connectivity index (χ3v) is 2.12. The first kappa shape index (κ1) is 13.9. The normalized spacial score (nSPS) is 10.1. The van der Waals surface area contributed by atoms with Gasteiger partial charge in [-0.2, -0.15) is 0 Å². The van der Waals surface area contributed by atoms with Crippen molar-refractivity contribution in [3.63, 3.8) is 0 Å². The van der Waals surface area contributed by atoms with Gasteiger partial charge in [-0.3, -0.25) is 9.59 Å². The number of rotatable bonds is 6. The average molecular weight is 254 g/mol. The molecule has 1 heterocycles. The molecule has 1 amide bonds. The summed E-state index contributed by atoms with van der Waals surface area (Å²) in [6.07, 6.45) is 1.50. The van der Waals surface area contributed by atoms with E-state index in [9.17, 15) is 14.4 Å². The summed E-state index contributed by atoms with van der Waals surface area (Å²) < 4.78 is 6.10. The fourth-order valence-corrected chi connectivity index (χ4v) is 1.19. The topological polar surface area (TPSA) is 97.6 Å². The first-order valence-corrected chi connectivity index (χ1v) is 5.25. The maximum atomic E-state index is 11.6. The Morgan fingerprint density at radius 2 is 2.22 bits per heavy atom. The third kappa shape index (κ3) is 4.38. The van der Waals surface area contributed by atoms with E-state index in [1.807, 2.05) is 0 Å². The number of nitrogens with zero attached hydrogens (tertiary/aromatic N) is 1. The zero-order valence-corrected chi connectivity index (χ0v) is 9.88. The van der Waals surface area contributed by atoms with Crippen molar-refractivity contribution in [1.29, 1.82) is 0 Å². The number of hydrogen-bond donors (Lipinski definition) is 2. The van der Waals surface area contributed by atoms with Gasteiger partial charge in [-0.1, -0.05) is 0 Å². The minimum atomic E-state index is -1.06. The number of carboxylic acids is 1. The fraction of sp³-hybridized carbons (Fsp3) is 0.364. The summed E-state index contributed by atoms with van der Waals surface area (Å²) in [5.41, 5.74) is -0.0129. The molecule has 0 aliphatic heterocycles. The number of carbonyl (C=O) groups is 2. The van der Waals surface area contributed by atoms with Gasteiger partial charge in [0.15, 0.2) is 0 Å². The first-order chi connectivity index (χ1) is 8.50. The van der Waals surface area contributed by atoms with Gasteiger partial charge in [0.2, 0.25) is 0 Å². The van der Waals surface area contributed by atoms with Crippen LogP contribution in [0.15, 0.2) is 23.1 Å². The van der Waals surface area contributed by atoms with E-state index in [4.69, 9.17) is 9.84 Å². The number of aryl methyl sites for hydroxylation is 1. The molecule has 0 spiro atoms. The summed E-state index contributed by atoms with van der Waals surface area (Å²) in [5, 5.41) is 10.8. The number of nitrogens with one attached hydrogen (secondary N) is 1. The number of ether oxygens (including phenoxy) is 1. The Morgan fingerprint density at radius 1 is 1.50 bits per heavy atom. The summed E-state index contributed by atoms with van der Waals surface area (Å²) in [5.74, 6) is -1.46. The highest BCUT2D eigenvalue weighted by molar-refractivity contribution is 5.93. The maximum Gasteiger partial charge on any atom is 0.329 e. The van der Waals surface area contributed by atoms with Crippen LogP contribution in [-0.2, 0) is 16.6 Å². The molecule has 0 saturated heterocycles. The second-order valence-corrected chi connectivity index (χ2v) is 3.57. The molecule has 1 aromatic heterocycles. The highest BCUT2D eigenvalue weighted by Crippen LogP contribution is 1.93. The van der Waals surface area contributed by atoms with E-state index in [0.717, 1.165) is 0 Å². The minimum Gasteiger partial charge on any atom is -0.480 e. The Morgan fingerprint density at radius 3 is 2.83 bits per heavy atom. The van der Waals surface area contributed by atoms with Crippen LogP contribution in [-0.4, -0.2) is 41.3 Å². The van der Waals surface area contributed by atoms with E-state index < -0.39 is 18.5 Å². The van der Waals surface area contributed by atoms with Gasteiger partial charge < -0.3 is 19.7 Å². The van der Waals surface area contributed by atoms with Gasteiger partial charge in [0.05, 0.1) is 6.61 Å². The molecule has 0 aliphatic rings. The van der Waals surface area contributed by atoms with E-state index in [2.05, 4.69) is 5.32 Å². The SMILES string of the molecule is Cn1ccc(C(=O)NCCOCC(=O)O)cc1=O. The third-order valence-electron chi connectivity index (χ3n) is 2.12. The summed E-state index contributed by atoms with van der Waals surface area (Å²) in [4.78, 5) is 33.0. The van der Waals surface area contributed by atoms with Gasteiger partial charge in [0, 0.05) is 31.4 Å². The monoisotopic (exact) mass is 254 g/mol. The minimum absolute atomic E-state index is 0.100. The molecule has 0 bridgehead atoms. The van der Waals surface area contributed by atoms with Crippen LogP contribution in [0.25, 0.3) is 0 Å². The molecule has 7 heteroatoms. The average Bonchev–Trinajstić information content (AvgIpc) is 2.31. The zero-order valence-electron chi connectivity index (χ0n) is 9.88. The van der Waals surface area contributed by atoms with Crippen molar-refractivity contribution in [3.05, 3.63) is 34.2 Å². The van der Waals surface area contributed by atoms with Crippen molar-refractivity contribution < 1.29 is 19.4 Å². The molecule has 0 aliphatic carbocycles. The van der Waals surface area contributed by atoms with E-state index in [1.165, 1.54) is 22.9 Å². The van der Waals surface area contributed by atoms with E-state index in [0.29, 0.717) is 0 Å². The predicted molar refractivity (Wildman–Crippen MR) is 62.5 cm³/mol. The van der Waals surface area contributed by atoms with Gasteiger partial charge in [0.1, 0.15) is 6.61 Å². The van der Waals surface area contributed by atoms with Gasteiger partial charge in [0.25, 0.3) is 11.5 Å². The molecule has 0 saturated carbocycles. The van der Waals surface area contributed by atoms with Crippen molar-refractivity contribution in [3.8, 4) is 0 Å². The lowest BCUT2D eigenvalue weighted by Gasteiger charge is -2.05. The molecule has 7 nitrogen and oxygen atoms in total. The van der Waals surface area contributed by atoms with Crippen molar-refractivity contribution in [1.82, 2.24) is 9.88 Å². The largest absolute Gasteiger partial charge is 0.480 e. The Hall–Kier alpha value is -2.15. The molecule has 0 atom stereocenters. The van der Waals surface area contributed by atoms with Gasteiger partial charge in [-0.25, -0.2) is 4.79 Å². The first-order valence-electron chi connectivity index (χ1n) is 5.25. The quantitative estimate of drug-likeness (QED) is 0.649. The van der Waals surface area contributed by atoms with Crippen LogP contribution in [0, 0.1) is 0 Å². The number of carbonyl (C=O) groups excluding carboxylic acids is 1. The van der Waals surface area contributed by atoms with E-state index in [1.54, 1.807) is 7.05 Å². The Balaban J connectivity index is 2.39. The molecular formula is C11H14N2O5. The Labute approximate surface area is 103 Å². The van der Waals surface area contributed by atoms with E-state index >= 15 is 0 Å². The molecule has 18 heavy (non-hydrogen) atoms. The van der Waals surface area contributed by atoms with Gasteiger partial charge >= 0.3 is 5.97 Å². The summed E-state index contributed by atoms with van der Waals surface area (Å²) in [7, 11) is 1.59. The van der Waals surface area contributed by atoms with E-state index in [-0.39, 0.29) is 24.3 Å². The van der Waals surface area contributed by atoms with Crippen LogP contribution in [0.3, 0.4) is 0 Å². The molecule has 0 unspecified atom stereocenters. The molecule has 1 rings (SSSR count). The Bertz CT molecular complexity index is 494. The molecule has 1 aromatic rings. The highest BCUT2D eigenvalue weighted by Gasteiger charge is 2.06. The Kier molecular flexibility index (Phi) is 5.06. The van der Waals surface area contributed by atoms with Crippen LogP contribution in [0.5, 0.6) is 0 Å². The van der Waals surface area contributed by atoms with Crippen molar-refractivity contribution in [2.75, 3.05) is 19.8 Å². The number of carboxylic acid groups (broad SMARTS) is 1. The smallest absolute Gasteiger partial charge is 0.329 e. The second kappa shape index (κ2) is 6.55. The number of hydrogen-bond acceptors (Lipinski definition) is 4. The summed E-state index contributed by atoms with van der Waals surface area (Å²) >= 11 is 0. The number of aliphatic carboxylic acids is 1. The molecule has 0 fully saturated rings. The number of aromatic nitrogens is 1. The molecule has 2 N–H and O–H groups in total. The van der Waals surface area contributed by atoms with Crippen LogP contribution in [0.4, 0.5) is 0 Å². The van der Waals surface area contributed by atoms with Crippen LogP contribution in [0.1, 0.15) is 10.4 Å². The standard InChI is InChI=1S/C11H14N2O5/c1-13-4-2-8(6-9(13)14)11(17)12-3-5-18-7-10(15)16/h2,4,6H,3,5,7H2,1H3,(H,12,17)(H,15,16). The van der Waals surface area contributed by atoms with Crippen molar-refractivity contribution in [2.45, 2.75) is 0 Å². The van der Waals surface area contributed by atoms with Crippen molar-refractivity contribution in [2.24, 2.45) is 7.05 Å². The lowest BCUT2D eigenvalue weighted by atomic mass is 10.2. The number of pyridine rings is 1. The van der Waals surface area contributed by atoms with Crippen molar-refractivity contribution >= 4 is 11.9 Å². The summed E-state index contributed by atoms with van der Waals surface area (Å²) in [6.45, 7) is -0.119. The van der Waals surface area contributed by atoms with Crippen LogP contribution in [0.2, 0.25) is 0 Å². The van der Waals surface area contributed by atoms with Crippen LogP contribution < -0.4 is 10.9 Å². The second-order valence-electron chi connectivity index (χ2n) is 3.57. The predicted octanol–water partition coefficient (Wildman–Crippen LogP) is -0.784. The summed E-state index contributed by atoms with van der Waals surface area (Å²) in [6, 6.07) is 2.75. The molecule has 0 aromatic carbocycles.